The van der Waals surface area contributed by atoms with Gasteiger partial charge in [0.1, 0.15) is 0 Å². The summed E-state index contributed by atoms with van der Waals surface area (Å²) in [4.78, 5) is 38.7. The number of nitrogens with zero attached hydrogens (tertiary/aromatic N) is 1. The second kappa shape index (κ2) is 6.81. The van der Waals surface area contributed by atoms with Gasteiger partial charge in [-0.3, -0.25) is 14.5 Å². The maximum atomic E-state index is 12.7. The molecular formula is C19H27N3O3. The predicted octanol–water partition coefficient (Wildman–Crippen LogP) is 1.82. The molecule has 6 heteroatoms. The molecule has 4 atom stereocenters. The first kappa shape index (κ1) is 16.6. The number of amides is 4. The highest BCUT2D eigenvalue weighted by Crippen LogP contribution is 2.49. The zero-order valence-electron chi connectivity index (χ0n) is 14.6. The van der Waals surface area contributed by atoms with E-state index >= 15 is 0 Å². The third kappa shape index (κ3) is 3.07. The fourth-order valence-electron chi connectivity index (χ4n) is 5.12. The van der Waals surface area contributed by atoms with E-state index in [0.29, 0.717) is 6.54 Å². The van der Waals surface area contributed by atoms with Crippen LogP contribution < -0.4 is 10.6 Å². The summed E-state index contributed by atoms with van der Waals surface area (Å²) in [5, 5.41) is 5.80. The molecular weight excluding hydrogens is 318 g/mol. The lowest BCUT2D eigenvalue weighted by molar-refractivity contribution is -0.140. The van der Waals surface area contributed by atoms with Crippen molar-refractivity contribution in [1.29, 1.82) is 0 Å². The minimum absolute atomic E-state index is 0.0384. The van der Waals surface area contributed by atoms with Crippen molar-refractivity contribution in [3.8, 4) is 0 Å². The third-order valence-electron chi connectivity index (χ3n) is 6.41. The fourth-order valence-corrected chi connectivity index (χ4v) is 5.12. The number of urea groups is 1. The largest absolute Gasteiger partial charge is 0.336 e. The molecule has 2 N–H and O–H groups in total. The van der Waals surface area contributed by atoms with Gasteiger partial charge in [0.25, 0.3) is 0 Å². The molecule has 1 heterocycles. The van der Waals surface area contributed by atoms with Crippen LogP contribution in [-0.2, 0) is 9.59 Å². The van der Waals surface area contributed by atoms with E-state index in [-0.39, 0.29) is 54.1 Å². The number of rotatable bonds is 4. The summed E-state index contributed by atoms with van der Waals surface area (Å²) in [7, 11) is 0. The molecule has 0 spiro atoms. The number of allylic oxidation sites excluding steroid dienone is 2. The Hall–Kier alpha value is -1.85. The Morgan fingerprint density at radius 2 is 1.56 bits per heavy atom. The van der Waals surface area contributed by atoms with E-state index in [1.54, 1.807) is 0 Å². The van der Waals surface area contributed by atoms with Crippen molar-refractivity contribution in [3.05, 3.63) is 12.2 Å². The molecule has 5 rings (SSSR count). The summed E-state index contributed by atoms with van der Waals surface area (Å²) >= 11 is 0. The highest BCUT2D eigenvalue weighted by molar-refractivity contribution is 6.06. The normalized spacial score (nSPS) is 34.3. The lowest BCUT2D eigenvalue weighted by Crippen LogP contribution is -2.46. The van der Waals surface area contributed by atoms with E-state index in [1.807, 2.05) is 0 Å². The first-order valence-corrected chi connectivity index (χ1v) is 9.73. The first-order chi connectivity index (χ1) is 12.1. The van der Waals surface area contributed by atoms with Crippen molar-refractivity contribution in [3.63, 3.8) is 0 Å². The van der Waals surface area contributed by atoms with Gasteiger partial charge in [-0.15, -0.1) is 0 Å². The zero-order chi connectivity index (χ0) is 17.4. The van der Waals surface area contributed by atoms with Crippen LogP contribution in [0.4, 0.5) is 4.79 Å². The average Bonchev–Trinajstić information content (AvgIpc) is 2.90. The van der Waals surface area contributed by atoms with Crippen molar-refractivity contribution in [2.24, 2.45) is 23.7 Å². The molecule has 4 aliphatic carbocycles. The summed E-state index contributed by atoms with van der Waals surface area (Å²) in [6, 6.07) is 0.0681. The molecule has 5 aliphatic rings. The van der Waals surface area contributed by atoms with Gasteiger partial charge in [-0.25, -0.2) is 4.79 Å². The van der Waals surface area contributed by atoms with Crippen LogP contribution in [-0.4, -0.2) is 41.9 Å². The van der Waals surface area contributed by atoms with Gasteiger partial charge >= 0.3 is 6.03 Å². The van der Waals surface area contributed by atoms with E-state index in [0.717, 1.165) is 25.7 Å². The van der Waals surface area contributed by atoms with Gasteiger partial charge in [0.2, 0.25) is 11.8 Å². The Morgan fingerprint density at radius 1 is 0.960 bits per heavy atom. The molecule has 2 bridgehead atoms. The Kier molecular flexibility index (Phi) is 4.52. The minimum atomic E-state index is -0.190. The topological polar surface area (TPSA) is 78.5 Å². The Bertz CT molecular complexity index is 565. The monoisotopic (exact) mass is 345 g/mol. The highest BCUT2D eigenvalue weighted by atomic mass is 16.2. The quantitative estimate of drug-likeness (QED) is 0.602. The molecule has 0 aromatic rings. The fraction of sp³-hybridized carbons (Fsp3) is 0.737. The predicted molar refractivity (Wildman–Crippen MR) is 92.5 cm³/mol. The lowest BCUT2D eigenvalue weighted by Gasteiger charge is -2.38. The number of hydrogen-bond donors (Lipinski definition) is 2. The van der Waals surface area contributed by atoms with Crippen LogP contribution in [0.2, 0.25) is 0 Å². The van der Waals surface area contributed by atoms with Crippen LogP contribution in [0.1, 0.15) is 44.9 Å². The van der Waals surface area contributed by atoms with E-state index in [9.17, 15) is 14.4 Å². The molecule has 0 radical (unpaired) electrons. The molecule has 1 saturated heterocycles. The second-order valence-electron chi connectivity index (χ2n) is 7.90. The number of hydrogen-bond acceptors (Lipinski definition) is 3. The first-order valence-electron chi connectivity index (χ1n) is 9.73. The van der Waals surface area contributed by atoms with Crippen molar-refractivity contribution in [2.45, 2.75) is 51.0 Å². The van der Waals surface area contributed by atoms with Crippen LogP contribution in [0.25, 0.3) is 0 Å². The number of carbonyl (C=O) groups excluding carboxylic acids is 3. The van der Waals surface area contributed by atoms with Gasteiger partial charge < -0.3 is 10.6 Å². The third-order valence-corrected chi connectivity index (χ3v) is 6.41. The highest BCUT2D eigenvalue weighted by Gasteiger charge is 2.56. The minimum Gasteiger partial charge on any atom is -0.336 e. The number of likely N-dealkylation sites (tertiary alicyclic amines) is 1. The summed E-state index contributed by atoms with van der Waals surface area (Å²) < 4.78 is 0. The Balaban J connectivity index is 1.28. The summed E-state index contributed by atoms with van der Waals surface area (Å²) in [6.45, 7) is 0.598. The smallest absolute Gasteiger partial charge is 0.315 e. The SMILES string of the molecule is O=C(NCCN1C(=O)[C@@H]2[C@@H](C1=O)[C@H]1C=C[C@H]2CC1)NC1CCCCC1. The van der Waals surface area contributed by atoms with Gasteiger partial charge in [-0.05, 0) is 37.5 Å². The van der Waals surface area contributed by atoms with Crippen molar-refractivity contribution in [1.82, 2.24) is 15.5 Å². The van der Waals surface area contributed by atoms with Crippen LogP contribution in [0.15, 0.2) is 12.2 Å². The maximum Gasteiger partial charge on any atom is 0.315 e. The molecule has 3 fully saturated rings. The average molecular weight is 345 g/mol. The molecule has 136 valence electrons. The van der Waals surface area contributed by atoms with Gasteiger partial charge in [0, 0.05) is 19.1 Å². The standard InChI is InChI=1S/C19H27N3O3/c23-17-15-12-6-7-13(9-8-12)16(15)18(24)22(17)11-10-20-19(25)21-14-4-2-1-3-5-14/h6-7,12-16H,1-5,8-11H2,(H2,20,21,25)/t12-,13-,15-,16-/m0/s1. The molecule has 25 heavy (non-hydrogen) atoms. The molecule has 0 aromatic heterocycles. The van der Waals surface area contributed by atoms with Crippen LogP contribution in [0.5, 0.6) is 0 Å². The van der Waals surface area contributed by atoms with E-state index < -0.39 is 0 Å². The van der Waals surface area contributed by atoms with Crippen molar-refractivity contribution in [2.75, 3.05) is 13.1 Å². The summed E-state index contributed by atoms with van der Waals surface area (Å²) in [5.74, 6) is 0.0460. The molecule has 6 nitrogen and oxygen atoms in total. The van der Waals surface area contributed by atoms with Crippen molar-refractivity contribution < 1.29 is 14.4 Å². The molecule has 0 aromatic carbocycles. The van der Waals surface area contributed by atoms with Crippen LogP contribution in [0, 0.1) is 23.7 Å². The second-order valence-corrected chi connectivity index (χ2v) is 7.90. The molecule has 4 amide bonds. The summed E-state index contributed by atoms with van der Waals surface area (Å²) in [5.41, 5.74) is 0. The van der Waals surface area contributed by atoms with Crippen LogP contribution in [0.3, 0.4) is 0 Å². The Morgan fingerprint density at radius 3 is 2.12 bits per heavy atom. The molecule has 2 saturated carbocycles. The number of fused-ring (bicyclic) bond motifs is 1. The van der Waals surface area contributed by atoms with Gasteiger partial charge in [0.05, 0.1) is 11.8 Å². The van der Waals surface area contributed by atoms with E-state index in [1.165, 1.54) is 24.2 Å². The lowest BCUT2D eigenvalue weighted by atomic mass is 9.63. The van der Waals surface area contributed by atoms with E-state index in [4.69, 9.17) is 0 Å². The van der Waals surface area contributed by atoms with Gasteiger partial charge in [-0.2, -0.15) is 0 Å². The number of nitrogens with one attached hydrogen (secondary N) is 2. The van der Waals surface area contributed by atoms with Crippen LogP contribution >= 0.6 is 0 Å². The summed E-state index contributed by atoms with van der Waals surface area (Å²) in [6.07, 6.45) is 11.9. The Labute approximate surface area is 148 Å². The zero-order valence-corrected chi connectivity index (χ0v) is 14.6. The number of carbonyl (C=O) groups is 3. The van der Waals surface area contributed by atoms with Gasteiger partial charge in [0.15, 0.2) is 0 Å². The number of imide groups is 1. The van der Waals surface area contributed by atoms with Gasteiger partial charge in [-0.1, -0.05) is 31.4 Å². The van der Waals surface area contributed by atoms with Crippen molar-refractivity contribution >= 4 is 17.8 Å². The van der Waals surface area contributed by atoms with E-state index in [2.05, 4.69) is 22.8 Å². The molecule has 0 unspecified atom stereocenters. The maximum absolute atomic E-state index is 12.7. The molecule has 1 aliphatic heterocycles.